The van der Waals surface area contributed by atoms with E-state index in [2.05, 4.69) is 22.4 Å². The van der Waals surface area contributed by atoms with E-state index in [-0.39, 0.29) is 5.91 Å². The number of fused-ring (bicyclic) bond motifs is 1. The molecular weight excluding hydrogens is 266 g/mol. The molecule has 1 amide bonds. The minimum atomic E-state index is 0.0306. The molecule has 0 radical (unpaired) electrons. The van der Waals surface area contributed by atoms with Gasteiger partial charge in [-0.25, -0.2) is 4.98 Å². The number of aryl methyl sites for hydroxylation is 1. The maximum atomic E-state index is 11.9. The normalized spacial score (nSPS) is 12.8. The molecule has 0 atom stereocenters. The highest BCUT2D eigenvalue weighted by molar-refractivity contribution is 5.78. The molecular formula is C16H19N3O2. The predicted molar refractivity (Wildman–Crippen MR) is 79.3 cm³/mol. The van der Waals surface area contributed by atoms with E-state index in [0.717, 1.165) is 30.9 Å². The lowest BCUT2D eigenvalue weighted by Crippen LogP contribution is -2.27. The van der Waals surface area contributed by atoms with E-state index in [1.807, 2.05) is 17.7 Å². The Morgan fingerprint density at radius 1 is 1.48 bits per heavy atom. The fourth-order valence-corrected chi connectivity index (χ4v) is 2.52. The van der Waals surface area contributed by atoms with Crippen molar-refractivity contribution in [2.75, 3.05) is 13.2 Å². The first kappa shape index (κ1) is 13.7. The summed E-state index contributed by atoms with van der Waals surface area (Å²) in [7, 11) is 1.89. The van der Waals surface area contributed by atoms with Gasteiger partial charge in [0.15, 0.2) is 0 Å². The molecule has 1 aliphatic rings. The third-order valence-electron chi connectivity index (χ3n) is 3.75. The van der Waals surface area contributed by atoms with E-state index in [9.17, 15) is 4.79 Å². The molecule has 0 saturated heterocycles. The molecule has 5 nitrogen and oxygen atoms in total. The third-order valence-corrected chi connectivity index (χ3v) is 3.75. The summed E-state index contributed by atoms with van der Waals surface area (Å²) in [5, 5.41) is 2.95. The Hall–Kier alpha value is -2.30. The molecule has 1 aromatic heterocycles. The number of carbonyl (C=O) groups excluding carboxylic acids is 1. The van der Waals surface area contributed by atoms with E-state index in [0.29, 0.717) is 13.0 Å². The largest absolute Gasteiger partial charge is 0.493 e. The van der Waals surface area contributed by atoms with Crippen LogP contribution in [-0.2, 0) is 31.1 Å². The molecule has 2 aromatic rings. The highest BCUT2D eigenvalue weighted by Gasteiger charge is 2.12. The van der Waals surface area contributed by atoms with Crippen molar-refractivity contribution in [3.63, 3.8) is 0 Å². The second-order valence-corrected chi connectivity index (χ2v) is 5.31. The lowest BCUT2D eigenvalue weighted by molar-refractivity contribution is -0.120. The minimum absolute atomic E-state index is 0.0306. The first-order valence-corrected chi connectivity index (χ1v) is 7.19. The topological polar surface area (TPSA) is 56.2 Å². The summed E-state index contributed by atoms with van der Waals surface area (Å²) >= 11 is 0. The maximum Gasteiger partial charge on any atom is 0.226 e. The molecule has 21 heavy (non-hydrogen) atoms. The van der Waals surface area contributed by atoms with Crippen LogP contribution in [0.2, 0.25) is 0 Å². The zero-order chi connectivity index (χ0) is 14.7. The number of carbonyl (C=O) groups is 1. The second-order valence-electron chi connectivity index (χ2n) is 5.31. The van der Waals surface area contributed by atoms with E-state index < -0.39 is 0 Å². The summed E-state index contributed by atoms with van der Waals surface area (Å²) in [4.78, 5) is 15.9. The summed E-state index contributed by atoms with van der Waals surface area (Å²) in [6, 6.07) is 6.27. The first-order valence-electron chi connectivity index (χ1n) is 7.19. The molecule has 1 N–H and O–H groups in total. The summed E-state index contributed by atoms with van der Waals surface area (Å²) in [5.74, 6) is 1.03. The van der Waals surface area contributed by atoms with Crippen LogP contribution in [0.3, 0.4) is 0 Å². The molecule has 5 heteroatoms. The predicted octanol–water partition coefficient (Wildman–Crippen LogP) is 1.26. The number of nitrogens with zero attached hydrogens (tertiary/aromatic N) is 2. The molecule has 0 spiro atoms. The van der Waals surface area contributed by atoms with E-state index in [1.165, 1.54) is 11.1 Å². The summed E-state index contributed by atoms with van der Waals surface area (Å²) in [6.07, 6.45) is 5.62. The van der Waals surface area contributed by atoms with Crippen LogP contribution in [0.1, 0.15) is 16.8 Å². The Bertz CT molecular complexity index is 649. The molecule has 3 rings (SSSR count). The van der Waals surface area contributed by atoms with Crippen molar-refractivity contribution in [1.29, 1.82) is 0 Å². The number of nitrogens with one attached hydrogen (secondary N) is 1. The van der Waals surface area contributed by atoms with Gasteiger partial charge in [0.1, 0.15) is 5.75 Å². The number of ether oxygens (including phenoxy) is 1. The van der Waals surface area contributed by atoms with Gasteiger partial charge in [-0.2, -0.15) is 0 Å². The van der Waals surface area contributed by atoms with Gasteiger partial charge in [-0.1, -0.05) is 12.1 Å². The van der Waals surface area contributed by atoms with Crippen LogP contribution in [-0.4, -0.2) is 28.6 Å². The van der Waals surface area contributed by atoms with Gasteiger partial charge >= 0.3 is 0 Å². The quantitative estimate of drug-likeness (QED) is 0.899. The Kier molecular flexibility index (Phi) is 3.90. The third kappa shape index (κ3) is 3.24. The van der Waals surface area contributed by atoms with Gasteiger partial charge in [0.25, 0.3) is 0 Å². The van der Waals surface area contributed by atoms with Crippen molar-refractivity contribution in [3.05, 3.63) is 47.5 Å². The lowest BCUT2D eigenvalue weighted by atomic mass is 10.1. The molecule has 2 heterocycles. The van der Waals surface area contributed by atoms with Gasteiger partial charge in [0.2, 0.25) is 5.91 Å². The molecule has 0 aliphatic carbocycles. The monoisotopic (exact) mass is 285 g/mol. The van der Waals surface area contributed by atoms with Crippen molar-refractivity contribution in [1.82, 2.24) is 14.9 Å². The zero-order valence-electron chi connectivity index (χ0n) is 12.1. The molecule has 0 fully saturated rings. The van der Waals surface area contributed by atoms with Crippen LogP contribution < -0.4 is 10.1 Å². The van der Waals surface area contributed by atoms with Crippen molar-refractivity contribution in [3.8, 4) is 5.75 Å². The molecule has 0 unspecified atom stereocenters. The highest BCUT2D eigenvalue weighted by atomic mass is 16.5. The number of imidazole rings is 1. The van der Waals surface area contributed by atoms with Crippen molar-refractivity contribution in [2.24, 2.45) is 7.05 Å². The number of hydrogen-bond acceptors (Lipinski definition) is 3. The van der Waals surface area contributed by atoms with Crippen LogP contribution in [0.5, 0.6) is 5.75 Å². The molecule has 110 valence electrons. The maximum absolute atomic E-state index is 11.9. The SMILES string of the molecule is Cn1cncc1CC(=O)NCCc1ccc2c(c1)CCO2. The van der Waals surface area contributed by atoms with Gasteiger partial charge < -0.3 is 14.6 Å². The Morgan fingerprint density at radius 3 is 3.19 bits per heavy atom. The zero-order valence-corrected chi connectivity index (χ0v) is 12.1. The fraction of sp³-hybridized carbons (Fsp3) is 0.375. The number of amides is 1. The highest BCUT2D eigenvalue weighted by Crippen LogP contribution is 2.25. The molecule has 1 aliphatic heterocycles. The Morgan fingerprint density at radius 2 is 2.38 bits per heavy atom. The van der Waals surface area contributed by atoms with E-state index in [1.54, 1.807) is 12.5 Å². The first-order chi connectivity index (χ1) is 10.2. The molecule has 0 bridgehead atoms. The van der Waals surface area contributed by atoms with E-state index >= 15 is 0 Å². The number of benzene rings is 1. The Labute approximate surface area is 124 Å². The molecule has 1 aromatic carbocycles. The number of aromatic nitrogens is 2. The Balaban J connectivity index is 1.47. The minimum Gasteiger partial charge on any atom is -0.493 e. The van der Waals surface area contributed by atoms with Crippen LogP contribution in [0, 0.1) is 0 Å². The van der Waals surface area contributed by atoms with Crippen molar-refractivity contribution in [2.45, 2.75) is 19.3 Å². The van der Waals surface area contributed by atoms with Gasteiger partial charge in [-0.3, -0.25) is 4.79 Å². The smallest absolute Gasteiger partial charge is 0.226 e. The molecule has 0 saturated carbocycles. The lowest BCUT2D eigenvalue weighted by Gasteiger charge is -2.07. The van der Waals surface area contributed by atoms with Crippen molar-refractivity contribution >= 4 is 5.91 Å². The van der Waals surface area contributed by atoms with Gasteiger partial charge in [-0.15, -0.1) is 0 Å². The number of rotatable bonds is 5. The fourth-order valence-electron chi connectivity index (χ4n) is 2.52. The summed E-state index contributed by atoms with van der Waals surface area (Å²) in [5.41, 5.74) is 3.43. The van der Waals surface area contributed by atoms with E-state index in [4.69, 9.17) is 4.74 Å². The van der Waals surface area contributed by atoms with Crippen LogP contribution in [0.4, 0.5) is 0 Å². The summed E-state index contributed by atoms with van der Waals surface area (Å²) in [6.45, 7) is 1.43. The second kappa shape index (κ2) is 5.99. The van der Waals surface area contributed by atoms with Gasteiger partial charge in [0.05, 0.1) is 19.4 Å². The van der Waals surface area contributed by atoms with Gasteiger partial charge in [-0.05, 0) is 23.6 Å². The van der Waals surface area contributed by atoms with Crippen molar-refractivity contribution < 1.29 is 9.53 Å². The van der Waals surface area contributed by atoms with Crippen LogP contribution in [0.25, 0.3) is 0 Å². The van der Waals surface area contributed by atoms with Gasteiger partial charge in [0, 0.05) is 31.9 Å². The van der Waals surface area contributed by atoms with Crippen LogP contribution >= 0.6 is 0 Å². The average Bonchev–Trinajstić information content (AvgIpc) is 3.08. The van der Waals surface area contributed by atoms with Crippen LogP contribution in [0.15, 0.2) is 30.7 Å². The summed E-state index contributed by atoms with van der Waals surface area (Å²) < 4.78 is 7.35. The average molecular weight is 285 g/mol. The number of hydrogen-bond donors (Lipinski definition) is 1. The standard InChI is InChI=1S/C16H19N3O2/c1-19-11-17-10-14(19)9-16(20)18-6-4-12-2-3-15-13(8-12)5-7-21-15/h2-3,8,10-11H,4-7,9H2,1H3,(H,18,20).